The van der Waals surface area contributed by atoms with Crippen LogP contribution in [-0.2, 0) is 4.79 Å². The zero-order valence-electron chi connectivity index (χ0n) is 14.3. The van der Waals surface area contributed by atoms with E-state index in [1.54, 1.807) is 14.2 Å². The molecule has 1 aliphatic carbocycles. The molecule has 4 nitrogen and oxygen atoms in total. The number of benzene rings is 2. The number of rotatable bonds is 6. The molecule has 0 aromatic heterocycles. The molecular formula is C20H23NO3. The van der Waals surface area contributed by atoms with Gasteiger partial charge in [-0.2, -0.15) is 0 Å². The van der Waals surface area contributed by atoms with Gasteiger partial charge in [-0.3, -0.25) is 4.79 Å². The van der Waals surface area contributed by atoms with Gasteiger partial charge in [0.15, 0.2) is 0 Å². The molecule has 2 aromatic carbocycles. The van der Waals surface area contributed by atoms with Crippen LogP contribution in [-0.4, -0.2) is 20.1 Å². The maximum atomic E-state index is 12.5. The van der Waals surface area contributed by atoms with Gasteiger partial charge >= 0.3 is 0 Å². The lowest BCUT2D eigenvalue weighted by Crippen LogP contribution is -2.28. The van der Waals surface area contributed by atoms with Gasteiger partial charge in [0.25, 0.3) is 0 Å². The summed E-state index contributed by atoms with van der Waals surface area (Å²) in [7, 11) is 3.26. The smallest absolute Gasteiger partial charge is 0.224 e. The largest absolute Gasteiger partial charge is 0.497 e. The Hall–Kier alpha value is -2.49. The molecule has 0 spiro atoms. The van der Waals surface area contributed by atoms with Crippen LogP contribution in [0.15, 0.2) is 48.5 Å². The number of amides is 1. The van der Waals surface area contributed by atoms with Crippen molar-refractivity contribution >= 4 is 5.91 Å². The molecule has 0 bridgehead atoms. The lowest BCUT2D eigenvalue weighted by molar-refractivity contribution is -0.123. The Kier molecular flexibility index (Phi) is 4.74. The second kappa shape index (κ2) is 6.95. The Morgan fingerprint density at radius 3 is 2.54 bits per heavy atom. The number of methoxy groups -OCH3 is 2. The van der Waals surface area contributed by atoms with E-state index in [0.29, 0.717) is 5.92 Å². The van der Waals surface area contributed by atoms with Crippen molar-refractivity contribution in [2.75, 3.05) is 14.2 Å². The van der Waals surface area contributed by atoms with E-state index in [2.05, 4.69) is 17.4 Å². The lowest BCUT2D eigenvalue weighted by atomic mass is 10.1. The molecule has 0 heterocycles. The van der Waals surface area contributed by atoms with Crippen molar-refractivity contribution in [2.24, 2.45) is 5.92 Å². The maximum absolute atomic E-state index is 12.5. The lowest BCUT2D eigenvalue weighted by Gasteiger charge is -2.18. The van der Waals surface area contributed by atoms with Crippen LogP contribution in [0.25, 0.3) is 0 Å². The summed E-state index contributed by atoms with van der Waals surface area (Å²) in [5, 5.41) is 3.11. The summed E-state index contributed by atoms with van der Waals surface area (Å²) in [5.74, 6) is 2.00. The average molecular weight is 325 g/mol. The molecule has 1 aliphatic rings. The van der Waals surface area contributed by atoms with E-state index in [9.17, 15) is 4.79 Å². The summed E-state index contributed by atoms with van der Waals surface area (Å²) in [5.41, 5.74) is 2.16. The Balaban J connectivity index is 1.67. The van der Waals surface area contributed by atoms with Crippen LogP contribution in [0.2, 0.25) is 0 Å². The van der Waals surface area contributed by atoms with Crippen LogP contribution < -0.4 is 14.8 Å². The molecule has 3 atom stereocenters. The number of hydrogen-bond donors (Lipinski definition) is 1. The third-order valence-electron chi connectivity index (χ3n) is 4.62. The number of hydrogen-bond acceptors (Lipinski definition) is 3. The highest BCUT2D eigenvalue weighted by Crippen LogP contribution is 2.47. The van der Waals surface area contributed by atoms with Crippen molar-refractivity contribution in [3.05, 3.63) is 59.7 Å². The van der Waals surface area contributed by atoms with Crippen molar-refractivity contribution in [3.8, 4) is 11.5 Å². The van der Waals surface area contributed by atoms with Crippen LogP contribution in [0, 0.1) is 5.92 Å². The third kappa shape index (κ3) is 3.37. The molecule has 0 aliphatic heterocycles. The summed E-state index contributed by atoms with van der Waals surface area (Å²) in [6.07, 6.45) is 0.914. The topological polar surface area (TPSA) is 47.6 Å². The highest BCUT2D eigenvalue weighted by molar-refractivity contribution is 5.83. The Bertz CT molecular complexity index is 714. The molecule has 1 amide bonds. The molecule has 2 aromatic rings. The van der Waals surface area contributed by atoms with E-state index in [-0.39, 0.29) is 17.9 Å². The second-order valence-corrected chi connectivity index (χ2v) is 6.20. The first-order valence-corrected chi connectivity index (χ1v) is 8.21. The van der Waals surface area contributed by atoms with Gasteiger partial charge in [-0.1, -0.05) is 30.3 Å². The minimum Gasteiger partial charge on any atom is -0.497 e. The first-order chi connectivity index (χ1) is 11.6. The predicted molar refractivity (Wildman–Crippen MR) is 93.4 cm³/mol. The maximum Gasteiger partial charge on any atom is 0.224 e. The predicted octanol–water partition coefficient (Wildman–Crippen LogP) is 3.68. The van der Waals surface area contributed by atoms with Crippen molar-refractivity contribution in [2.45, 2.75) is 25.3 Å². The summed E-state index contributed by atoms with van der Waals surface area (Å²) >= 11 is 0. The number of carbonyl (C=O) groups excluding carboxylic acids is 1. The molecule has 4 heteroatoms. The molecular weight excluding hydrogens is 302 g/mol. The van der Waals surface area contributed by atoms with Gasteiger partial charge in [-0.15, -0.1) is 0 Å². The first kappa shape index (κ1) is 16.4. The van der Waals surface area contributed by atoms with Crippen molar-refractivity contribution in [1.82, 2.24) is 5.32 Å². The van der Waals surface area contributed by atoms with Crippen LogP contribution in [0.4, 0.5) is 0 Å². The van der Waals surface area contributed by atoms with Gasteiger partial charge in [0.2, 0.25) is 5.91 Å². The molecule has 1 N–H and O–H groups in total. The third-order valence-corrected chi connectivity index (χ3v) is 4.62. The van der Waals surface area contributed by atoms with Gasteiger partial charge in [0.05, 0.1) is 20.3 Å². The van der Waals surface area contributed by atoms with Crippen LogP contribution in [0.3, 0.4) is 0 Å². The van der Waals surface area contributed by atoms with Crippen molar-refractivity contribution < 1.29 is 14.3 Å². The quantitative estimate of drug-likeness (QED) is 0.881. The normalized spacial score (nSPS) is 20.1. The number of ether oxygens (including phenoxy) is 2. The van der Waals surface area contributed by atoms with Gasteiger partial charge in [0.1, 0.15) is 11.5 Å². The highest BCUT2D eigenvalue weighted by atomic mass is 16.5. The fraction of sp³-hybridized carbons (Fsp3) is 0.350. The average Bonchev–Trinajstić information content (AvgIpc) is 3.42. The van der Waals surface area contributed by atoms with Gasteiger partial charge in [0, 0.05) is 11.5 Å². The van der Waals surface area contributed by atoms with E-state index < -0.39 is 0 Å². The summed E-state index contributed by atoms with van der Waals surface area (Å²) in [6.45, 7) is 1.97. The van der Waals surface area contributed by atoms with E-state index in [1.807, 2.05) is 43.3 Å². The zero-order valence-corrected chi connectivity index (χ0v) is 14.3. The van der Waals surface area contributed by atoms with Crippen LogP contribution in [0.1, 0.15) is 36.4 Å². The van der Waals surface area contributed by atoms with Gasteiger partial charge < -0.3 is 14.8 Å². The molecule has 1 fully saturated rings. The van der Waals surface area contributed by atoms with Gasteiger partial charge in [-0.05, 0) is 43.0 Å². The van der Waals surface area contributed by atoms with Crippen LogP contribution >= 0.6 is 0 Å². The van der Waals surface area contributed by atoms with Crippen LogP contribution in [0.5, 0.6) is 11.5 Å². The molecule has 0 saturated heterocycles. The Morgan fingerprint density at radius 1 is 1.12 bits per heavy atom. The summed E-state index contributed by atoms with van der Waals surface area (Å²) < 4.78 is 10.7. The molecule has 1 saturated carbocycles. The fourth-order valence-electron chi connectivity index (χ4n) is 3.13. The van der Waals surface area contributed by atoms with E-state index >= 15 is 0 Å². The van der Waals surface area contributed by atoms with Crippen molar-refractivity contribution in [1.29, 1.82) is 0 Å². The number of nitrogens with one attached hydrogen (secondary N) is 1. The monoisotopic (exact) mass is 325 g/mol. The Morgan fingerprint density at radius 2 is 1.88 bits per heavy atom. The Labute approximate surface area is 142 Å². The zero-order chi connectivity index (χ0) is 17.1. The standard InChI is InChI=1S/C20H23NO3/c1-13(16-11-15(23-2)9-10-19(16)24-3)21-20(22)18-12-17(18)14-7-5-4-6-8-14/h4-11,13,17-18H,12H2,1-3H3,(H,21,22)/t13-,17-,18-/m0/s1. The summed E-state index contributed by atoms with van der Waals surface area (Å²) in [6, 6.07) is 15.7. The summed E-state index contributed by atoms with van der Waals surface area (Å²) in [4.78, 5) is 12.5. The molecule has 126 valence electrons. The van der Waals surface area contributed by atoms with E-state index in [4.69, 9.17) is 9.47 Å². The van der Waals surface area contributed by atoms with Gasteiger partial charge in [-0.25, -0.2) is 0 Å². The first-order valence-electron chi connectivity index (χ1n) is 8.21. The molecule has 24 heavy (non-hydrogen) atoms. The van der Waals surface area contributed by atoms with E-state index in [0.717, 1.165) is 23.5 Å². The molecule has 0 radical (unpaired) electrons. The molecule has 3 rings (SSSR count). The second-order valence-electron chi connectivity index (χ2n) is 6.20. The van der Waals surface area contributed by atoms with Crippen molar-refractivity contribution in [3.63, 3.8) is 0 Å². The molecule has 0 unspecified atom stereocenters. The SMILES string of the molecule is COc1ccc(OC)c([C@H](C)NC(=O)[C@H]2C[C@H]2c2ccccc2)c1. The highest BCUT2D eigenvalue weighted by Gasteiger charge is 2.44. The van der Waals surface area contributed by atoms with E-state index in [1.165, 1.54) is 5.56 Å². The fourth-order valence-corrected chi connectivity index (χ4v) is 3.13. The number of carbonyl (C=O) groups is 1. The minimum atomic E-state index is -0.139. The minimum absolute atomic E-state index is 0.0615.